The molecule has 1 atom stereocenters. The van der Waals surface area contributed by atoms with Crippen molar-refractivity contribution in [2.45, 2.75) is 54.0 Å². The molecule has 1 N–H and O–H groups in total. The van der Waals surface area contributed by atoms with Crippen molar-refractivity contribution in [1.82, 2.24) is 10.2 Å². The lowest BCUT2D eigenvalue weighted by Gasteiger charge is -2.29. The molecule has 0 fully saturated rings. The summed E-state index contributed by atoms with van der Waals surface area (Å²) in [6.07, 6.45) is 1.18. The standard InChI is InChI=1S/C19H34N2/c1-7-11-20-19(14-21(8-2)13-15(3)4)18-10-9-16(5)17(6)12-18/h9-10,12,15,19-20H,7-8,11,13-14H2,1-6H3. The van der Waals surface area contributed by atoms with E-state index in [0.717, 1.165) is 25.6 Å². The van der Waals surface area contributed by atoms with Crippen molar-refractivity contribution in [1.29, 1.82) is 0 Å². The van der Waals surface area contributed by atoms with Gasteiger partial charge in [-0.25, -0.2) is 0 Å². The Morgan fingerprint density at radius 3 is 2.29 bits per heavy atom. The molecule has 0 radical (unpaired) electrons. The van der Waals surface area contributed by atoms with E-state index in [2.05, 4.69) is 70.0 Å². The van der Waals surface area contributed by atoms with E-state index in [4.69, 9.17) is 0 Å². The van der Waals surface area contributed by atoms with E-state index in [-0.39, 0.29) is 0 Å². The van der Waals surface area contributed by atoms with Crippen LogP contribution in [0.2, 0.25) is 0 Å². The van der Waals surface area contributed by atoms with Gasteiger partial charge in [-0.1, -0.05) is 45.9 Å². The predicted octanol–water partition coefficient (Wildman–Crippen LogP) is 4.32. The average molecular weight is 290 g/mol. The molecule has 0 aliphatic carbocycles. The van der Waals surface area contributed by atoms with E-state index in [1.54, 1.807) is 0 Å². The van der Waals surface area contributed by atoms with Gasteiger partial charge in [-0.3, -0.25) is 0 Å². The SMILES string of the molecule is CCCNC(CN(CC)CC(C)C)c1ccc(C)c(C)c1. The molecule has 2 nitrogen and oxygen atoms in total. The van der Waals surface area contributed by atoms with E-state index >= 15 is 0 Å². The third-order valence-electron chi connectivity index (χ3n) is 4.09. The molecule has 0 aliphatic heterocycles. The average Bonchev–Trinajstić information content (AvgIpc) is 2.44. The van der Waals surface area contributed by atoms with Crippen LogP contribution in [0.4, 0.5) is 0 Å². The molecule has 0 saturated heterocycles. The van der Waals surface area contributed by atoms with Gasteiger partial charge >= 0.3 is 0 Å². The summed E-state index contributed by atoms with van der Waals surface area (Å²) < 4.78 is 0. The van der Waals surface area contributed by atoms with Gasteiger partial charge in [0.05, 0.1) is 0 Å². The fraction of sp³-hybridized carbons (Fsp3) is 0.684. The minimum absolute atomic E-state index is 0.433. The first-order chi connectivity index (χ1) is 9.97. The number of hydrogen-bond acceptors (Lipinski definition) is 2. The zero-order valence-corrected chi connectivity index (χ0v) is 14.9. The van der Waals surface area contributed by atoms with Crippen LogP contribution in [0, 0.1) is 19.8 Å². The van der Waals surface area contributed by atoms with Gasteiger partial charge in [0.25, 0.3) is 0 Å². The molecular formula is C19H34N2. The number of hydrogen-bond donors (Lipinski definition) is 1. The second kappa shape index (κ2) is 9.22. The van der Waals surface area contributed by atoms with Crippen molar-refractivity contribution in [3.05, 3.63) is 34.9 Å². The third-order valence-corrected chi connectivity index (χ3v) is 4.09. The lowest BCUT2D eigenvalue weighted by atomic mass is 10.00. The van der Waals surface area contributed by atoms with E-state index < -0.39 is 0 Å². The van der Waals surface area contributed by atoms with Gasteiger partial charge in [0.1, 0.15) is 0 Å². The highest BCUT2D eigenvalue weighted by molar-refractivity contribution is 5.32. The molecule has 0 spiro atoms. The smallest absolute Gasteiger partial charge is 0.0449 e. The summed E-state index contributed by atoms with van der Waals surface area (Å²) in [4.78, 5) is 2.56. The number of rotatable bonds is 9. The van der Waals surface area contributed by atoms with Crippen LogP contribution >= 0.6 is 0 Å². The second-order valence-corrected chi connectivity index (χ2v) is 6.60. The van der Waals surface area contributed by atoms with Crippen LogP contribution in [0.15, 0.2) is 18.2 Å². The Balaban J connectivity index is 2.85. The molecule has 1 aromatic rings. The van der Waals surface area contributed by atoms with Crippen LogP contribution in [0.25, 0.3) is 0 Å². The summed E-state index contributed by atoms with van der Waals surface area (Å²) in [5, 5.41) is 3.73. The minimum atomic E-state index is 0.433. The van der Waals surface area contributed by atoms with Crippen molar-refractivity contribution in [2.24, 2.45) is 5.92 Å². The van der Waals surface area contributed by atoms with Crippen molar-refractivity contribution in [2.75, 3.05) is 26.2 Å². The van der Waals surface area contributed by atoms with Crippen LogP contribution in [-0.2, 0) is 0 Å². The molecule has 0 heterocycles. The van der Waals surface area contributed by atoms with Crippen molar-refractivity contribution in [3.63, 3.8) is 0 Å². The zero-order chi connectivity index (χ0) is 15.8. The first kappa shape index (κ1) is 18.2. The van der Waals surface area contributed by atoms with Crippen LogP contribution in [0.3, 0.4) is 0 Å². The van der Waals surface area contributed by atoms with E-state index in [1.165, 1.54) is 29.7 Å². The van der Waals surface area contributed by atoms with E-state index in [0.29, 0.717) is 6.04 Å². The number of benzene rings is 1. The Bertz CT molecular complexity index is 412. The molecule has 0 aromatic heterocycles. The van der Waals surface area contributed by atoms with Gasteiger partial charge in [0.2, 0.25) is 0 Å². The van der Waals surface area contributed by atoms with Gasteiger partial charge in [0, 0.05) is 19.1 Å². The molecule has 1 rings (SSSR count). The highest BCUT2D eigenvalue weighted by Gasteiger charge is 2.16. The molecule has 120 valence electrons. The maximum absolute atomic E-state index is 3.73. The first-order valence-corrected chi connectivity index (χ1v) is 8.50. The van der Waals surface area contributed by atoms with E-state index in [1.807, 2.05) is 0 Å². The first-order valence-electron chi connectivity index (χ1n) is 8.50. The van der Waals surface area contributed by atoms with Crippen LogP contribution in [0.5, 0.6) is 0 Å². The van der Waals surface area contributed by atoms with Gasteiger partial charge in [-0.05, 0) is 56.0 Å². The lowest BCUT2D eigenvalue weighted by molar-refractivity contribution is 0.228. The number of nitrogens with one attached hydrogen (secondary N) is 1. The lowest BCUT2D eigenvalue weighted by Crippen LogP contribution is -2.37. The summed E-state index contributed by atoms with van der Waals surface area (Å²) in [5.74, 6) is 0.719. The third kappa shape index (κ3) is 6.19. The predicted molar refractivity (Wildman–Crippen MR) is 93.9 cm³/mol. The normalized spacial score (nSPS) is 13.1. The summed E-state index contributed by atoms with van der Waals surface area (Å²) in [6, 6.07) is 7.33. The molecule has 2 heteroatoms. The Kier molecular flexibility index (Phi) is 7.98. The molecule has 0 saturated carbocycles. The van der Waals surface area contributed by atoms with Crippen LogP contribution in [-0.4, -0.2) is 31.1 Å². The van der Waals surface area contributed by atoms with Crippen molar-refractivity contribution >= 4 is 0 Å². The Morgan fingerprint density at radius 1 is 1.05 bits per heavy atom. The summed E-state index contributed by atoms with van der Waals surface area (Å²) in [6.45, 7) is 18.0. The fourth-order valence-electron chi connectivity index (χ4n) is 2.70. The second-order valence-electron chi connectivity index (χ2n) is 6.60. The maximum atomic E-state index is 3.73. The number of likely N-dealkylation sites (N-methyl/N-ethyl adjacent to an activating group) is 1. The minimum Gasteiger partial charge on any atom is -0.309 e. The largest absolute Gasteiger partial charge is 0.309 e. The topological polar surface area (TPSA) is 15.3 Å². The highest BCUT2D eigenvalue weighted by Crippen LogP contribution is 2.19. The number of nitrogens with zero attached hydrogens (tertiary/aromatic N) is 1. The monoisotopic (exact) mass is 290 g/mol. The Hall–Kier alpha value is -0.860. The number of aryl methyl sites for hydroxylation is 2. The van der Waals surface area contributed by atoms with Gasteiger partial charge < -0.3 is 10.2 Å². The quantitative estimate of drug-likeness (QED) is 0.728. The van der Waals surface area contributed by atoms with Gasteiger partial charge in [-0.2, -0.15) is 0 Å². The summed E-state index contributed by atoms with van der Waals surface area (Å²) >= 11 is 0. The van der Waals surface area contributed by atoms with Crippen molar-refractivity contribution in [3.8, 4) is 0 Å². The zero-order valence-electron chi connectivity index (χ0n) is 14.9. The Morgan fingerprint density at radius 2 is 1.76 bits per heavy atom. The Labute approximate surface area is 131 Å². The van der Waals surface area contributed by atoms with E-state index in [9.17, 15) is 0 Å². The molecule has 0 aliphatic rings. The summed E-state index contributed by atoms with van der Waals surface area (Å²) in [5.41, 5.74) is 4.19. The molecule has 0 bridgehead atoms. The van der Waals surface area contributed by atoms with Gasteiger partial charge in [0.15, 0.2) is 0 Å². The highest BCUT2D eigenvalue weighted by atomic mass is 15.1. The molecule has 0 amide bonds. The van der Waals surface area contributed by atoms with Crippen LogP contribution in [0.1, 0.15) is 56.8 Å². The maximum Gasteiger partial charge on any atom is 0.0449 e. The molecule has 21 heavy (non-hydrogen) atoms. The molecular weight excluding hydrogens is 256 g/mol. The molecule has 1 unspecified atom stereocenters. The molecule has 1 aromatic carbocycles. The van der Waals surface area contributed by atoms with Crippen LogP contribution < -0.4 is 5.32 Å². The van der Waals surface area contributed by atoms with Crippen molar-refractivity contribution < 1.29 is 0 Å². The fourth-order valence-corrected chi connectivity index (χ4v) is 2.70. The van der Waals surface area contributed by atoms with Gasteiger partial charge in [-0.15, -0.1) is 0 Å². The summed E-state index contributed by atoms with van der Waals surface area (Å²) in [7, 11) is 0.